The van der Waals surface area contributed by atoms with E-state index in [1.54, 1.807) is 23.5 Å². The summed E-state index contributed by atoms with van der Waals surface area (Å²) in [6, 6.07) is 0.479. The van der Waals surface area contributed by atoms with Crippen molar-refractivity contribution in [2.45, 2.75) is 92.4 Å². The Morgan fingerprint density at radius 2 is 1.73 bits per heavy atom. The lowest BCUT2D eigenvalue weighted by molar-refractivity contribution is -0.155. The molecule has 2 aliphatic carbocycles. The van der Waals surface area contributed by atoms with Crippen LogP contribution in [0.25, 0.3) is 0 Å². The highest BCUT2D eigenvalue weighted by molar-refractivity contribution is 8.01. The summed E-state index contributed by atoms with van der Waals surface area (Å²) in [5.74, 6) is 0.651. The third kappa shape index (κ3) is 4.36. The molecule has 0 aromatic heterocycles. The predicted molar refractivity (Wildman–Crippen MR) is 106 cm³/mol. The van der Waals surface area contributed by atoms with Crippen molar-refractivity contribution in [2.75, 3.05) is 5.75 Å². The second kappa shape index (κ2) is 8.74. The number of ether oxygens (including phenoxy) is 1. The van der Waals surface area contributed by atoms with Gasteiger partial charge in [-0.15, -0.1) is 23.5 Å². The number of carbonyl (C=O) groups excluding carboxylic acids is 2. The minimum Gasteiger partial charge on any atom is -0.462 e. The first-order valence-electron chi connectivity index (χ1n) is 10.2. The van der Waals surface area contributed by atoms with E-state index < -0.39 is 0 Å². The molecule has 2 N–H and O–H groups in total. The van der Waals surface area contributed by atoms with E-state index in [4.69, 9.17) is 4.74 Å². The Balaban J connectivity index is 1.29. The zero-order valence-corrected chi connectivity index (χ0v) is 16.9. The van der Waals surface area contributed by atoms with Gasteiger partial charge in [-0.25, -0.2) is 0 Å². The second-order valence-electron chi connectivity index (χ2n) is 8.00. The lowest BCUT2D eigenvalue weighted by Crippen LogP contribution is -2.47. The van der Waals surface area contributed by atoms with Crippen molar-refractivity contribution in [3.8, 4) is 0 Å². The maximum atomic E-state index is 12.7. The molecule has 2 heterocycles. The van der Waals surface area contributed by atoms with Crippen LogP contribution >= 0.6 is 23.5 Å². The number of nitrogens with one attached hydrogen (secondary N) is 2. The molecule has 2 saturated heterocycles. The van der Waals surface area contributed by atoms with Crippen molar-refractivity contribution in [3.63, 3.8) is 0 Å². The van der Waals surface area contributed by atoms with Crippen molar-refractivity contribution in [1.82, 2.24) is 10.6 Å². The Hall–Kier alpha value is -0.400. The van der Waals surface area contributed by atoms with Gasteiger partial charge in [-0.05, 0) is 50.7 Å². The smallest absolute Gasteiger partial charge is 0.312 e. The lowest BCUT2D eigenvalue weighted by atomic mass is 9.95. The van der Waals surface area contributed by atoms with Crippen LogP contribution in [0.4, 0.5) is 0 Å². The highest BCUT2D eigenvalue weighted by atomic mass is 32.2. The minimum atomic E-state index is -0.195. The summed E-state index contributed by atoms with van der Waals surface area (Å²) in [5, 5.41) is 6.91. The maximum Gasteiger partial charge on any atom is 0.312 e. The average molecular weight is 399 g/mol. The summed E-state index contributed by atoms with van der Waals surface area (Å²) in [6.07, 6.45) is 11.4. The minimum absolute atomic E-state index is 0.0410. The topological polar surface area (TPSA) is 67.4 Å². The van der Waals surface area contributed by atoms with Gasteiger partial charge in [0.25, 0.3) is 0 Å². The summed E-state index contributed by atoms with van der Waals surface area (Å²) in [7, 11) is 0. The molecule has 4 aliphatic rings. The first-order chi connectivity index (χ1) is 12.7. The van der Waals surface area contributed by atoms with Crippen molar-refractivity contribution in [1.29, 1.82) is 0 Å². The fourth-order valence-corrected chi connectivity index (χ4v) is 7.44. The number of fused-ring (bicyclic) bond motifs is 1. The molecular formula is C19H30N2O3S2. The highest BCUT2D eigenvalue weighted by Crippen LogP contribution is 2.38. The van der Waals surface area contributed by atoms with Crippen LogP contribution in [-0.2, 0) is 14.3 Å². The van der Waals surface area contributed by atoms with Crippen LogP contribution < -0.4 is 10.6 Å². The SMILES string of the molecule is O=C(NC1SCCC1C(=O)OC1CCCCC1)C1NC2CCCCC2S1. The van der Waals surface area contributed by atoms with Gasteiger partial charge in [-0.1, -0.05) is 19.3 Å². The first kappa shape index (κ1) is 18.9. The molecule has 4 rings (SSSR count). The quantitative estimate of drug-likeness (QED) is 0.710. The molecule has 1 amide bonds. The fourth-order valence-electron chi connectivity index (χ4n) is 4.62. The Bertz CT molecular complexity index is 513. The summed E-state index contributed by atoms with van der Waals surface area (Å²) in [6.45, 7) is 0. The van der Waals surface area contributed by atoms with Crippen LogP contribution in [0, 0.1) is 5.92 Å². The van der Waals surface area contributed by atoms with E-state index >= 15 is 0 Å². The number of thioether (sulfide) groups is 2. The molecular weight excluding hydrogens is 368 g/mol. The predicted octanol–water partition coefficient (Wildman–Crippen LogP) is 3.03. The number of amides is 1. The molecule has 0 radical (unpaired) electrons. The van der Waals surface area contributed by atoms with Crippen LogP contribution in [0.5, 0.6) is 0 Å². The average Bonchev–Trinajstić information content (AvgIpc) is 3.29. The molecule has 5 atom stereocenters. The molecule has 5 nitrogen and oxygen atoms in total. The highest BCUT2D eigenvalue weighted by Gasteiger charge is 2.42. The van der Waals surface area contributed by atoms with Crippen molar-refractivity contribution in [2.24, 2.45) is 5.92 Å². The van der Waals surface area contributed by atoms with Gasteiger partial charge in [-0.3, -0.25) is 14.9 Å². The third-order valence-corrected chi connectivity index (χ3v) is 8.94. The van der Waals surface area contributed by atoms with E-state index in [2.05, 4.69) is 10.6 Å². The van der Waals surface area contributed by atoms with Gasteiger partial charge in [-0.2, -0.15) is 0 Å². The molecule has 146 valence electrons. The van der Waals surface area contributed by atoms with E-state index in [9.17, 15) is 9.59 Å². The van der Waals surface area contributed by atoms with Crippen molar-refractivity contribution in [3.05, 3.63) is 0 Å². The summed E-state index contributed by atoms with van der Waals surface area (Å²) >= 11 is 3.46. The molecule has 2 saturated carbocycles. The molecule has 2 aliphatic heterocycles. The van der Waals surface area contributed by atoms with Gasteiger partial charge < -0.3 is 10.1 Å². The summed E-state index contributed by atoms with van der Waals surface area (Å²) in [4.78, 5) is 25.4. The maximum absolute atomic E-state index is 12.7. The van der Waals surface area contributed by atoms with Crippen LogP contribution in [-0.4, -0.2) is 45.8 Å². The van der Waals surface area contributed by atoms with Crippen LogP contribution in [0.2, 0.25) is 0 Å². The zero-order valence-electron chi connectivity index (χ0n) is 15.3. The second-order valence-corrected chi connectivity index (χ2v) is 10.6. The number of esters is 1. The van der Waals surface area contributed by atoms with Gasteiger partial charge >= 0.3 is 5.97 Å². The number of rotatable bonds is 4. The molecule has 0 bridgehead atoms. The summed E-state index contributed by atoms with van der Waals surface area (Å²) in [5.41, 5.74) is 0. The molecule has 0 aromatic rings. The van der Waals surface area contributed by atoms with Gasteiger partial charge in [0.05, 0.1) is 11.3 Å². The third-order valence-electron chi connectivity index (χ3n) is 6.13. The standard InChI is InChI=1S/C19H30N2O3S2/c22-16(18-20-14-8-4-5-9-15(14)26-18)21-17-13(10-11-25-17)19(23)24-12-6-2-1-3-7-12/h12-15,17-18,20H,1-11H2,(H,21,22). The van der Waals surface area contributed by atoms with Crippen LogP contribution in [0.15, 0.2) is 0 Å². The summed E-state index contributed by atoms with van der Waals surface area (Å²) < 4.78 is 5.77. The van der Waals surface area contributed by atoms with Crippen molar-refractivity contribution >= 4 is 35.4 Å². The Morgan fingerprint density at radius 1 is 0.962 bits per heavy atom. The normalized spacial score (nSPS) is 37.9. The monoisotopic (exact) mass is 398 g/mol. The van der Waals surface area contributed by atoms with E-state index in [0.29, 0.717) is 11.3 Å². The number of carbonyl (C=O) groups is 2. The molecule has 0 aromatic carbocycles. The number of hydrogen-bond acceptors (Lipinski definition) is 6. The largest absolute Gasteiger partial charge is 0.462 e. The van der Waals surface area contributed by atoms with Gasteiger partial charge in [0.15, 0.2) is 0 Å². The Labute approximate surface area is 164 Å². The van der Waals surface area contributed by atoms with Gasteiger partial charge in [0, 0.05) is 11.3 Å². The Morgan fingerprint density at radius 3 is 2.54 bits per heavy atom. The van der Waals surface area contributed by atoms with E-state index in [0.717, 1.165) is 37.9 Å². The zero-order chi connectivity index (χ0) is 17.9. The van der Waals surface area contributed by atoms with E-state index in [1.165, 1.54) is 32.1 Å². The van der Waals surface area contributed by atoms with E-state index in [-0.39, 0.29) is 34.6 Å². The molecule has 5 unspecified atom stereocenters. The fraction of sp³-hybridized carbons (Fsp3) is 0.895. The molecule has 0 spiro atoms. The number of hydrogen-bond donors (Lipinski definition) is 2. The molecule has 7 heteroatoms. The van der Waals surface area contributed by atoms with Crippen molar-refractivity contribution < 1.29 is 14.3 Å². The van der Waals surface area contributed by atoms with Gasteiger partial charge in [0.1, 0.15) is 11.5 Å². The molecule has 26 heavy (non-hydrogen) atoms. The van der Waals surface area contributed by atoms with Crippen LogP contribution in [0.3, 0.4) is 0 Å². The van der Waals surface area contributed by atoms with Crippen LogP contribution in [0.1, 0.15) is 64.2 Å². The lowest BCUT2D eigenvalue weighted by Gasteiger charge is -2.26. The van der Waals surface area contributed by atoms with Gasteiger partial charge in [0.2, 0.25) is 5.91 Å². The molecule has 4 fully saturated rings. The Kier molecular flexibility index (Phi) is 6.36. The first-order valence-corrected chi connectivity index (χ1v) is 12.2. The van der Waals surface area contributed by atoms with E-state index in [1.807, 2.05) is 0 Å².